The molecule has 1 aliphatic heterocycles. The lowest BCUT2D eigenvalue weighted by molar-refractivity contribution is 0.0843. The number of nitrogens with zero attached hydrogens (tertiary/aromatic N) is 1. The Morgan fingerprint density at radius 3 is 2.70 bits per heavy atom. The molecular formula is C24H22N2O4. The van der Waals surface area contributed by atoms with Gasteiger partial charge in [0.2, 0.25) is 5.91 Å². The van der Waals surface area contributed by atoms with E-state index in [9.17, 15) is 9.59 Å². The van der Waals surface area contributed by atoms with E-state index >= 15 is 0 Å². The van der Waals surface area contributed by atoms with E-state index < -0.39 is 12.0 Å². The van der Waals surface area contributed by atoms with Crippen molar-refractivity contribution in [1.82, 2.24) is 4.98 Å². The molecule has 0 unspecified atom stereocenters. The molecule has 4 rings (SSSR count). The summed E-state index contributed by atoms with van der Waals surface area (Å²) in [6.07, 6.45) is 3.75. The molecule has 3 aromatic rings. The molecule has 2 heterocycles. The van der Waals surface area contributed by atoms with Crippen molar-refractivity contribution >= 4 is 11.7 Å². The smallest absolute Gasteiger partial charge is 0.249 e. The summed E-state index contributed by atoms with van der Waals surface area (Å²) in [7, 11) is 0. The summed E-state index contributed by atoms with van der Waals surface area (Å²) < 4.78 is 12.3. The first-order chi connectivity index (χ1) is 14.6. The highest BCUT2D eigenvalue weighted by atomic mass is 16.5. The molecule has 2 aromatic carbocycles. The lowest BCUT2D eigenvalue weighted by atomic mass is 9.96. The van der Waals surface area contributed by atoms with E-state index in [0.717, 1.165) is 12.0 Å². The Balaban J connectivity index is 1.74. The number of pyridine rings is 1. The number of hydrogen-bond acceptors (Lipinski definition) is 5. The number of fused-ring (bicyclic) bond motifs is 1. The van der Waals surface area contributed by atoms with Gasteiger partial charge in [-0.05, 0) is 42.3 Å². The third-order valence-electron chi connectivity index (χ3n) is 5.19. The van der Waals surface area contributed by atoms with Crippen molar-refractivity contribution < 1.29 is 19.1 Å². The maximum absolute atomic E-state index is 12.4. The van der Waals surface area contributed by atoms with Crippen LogP contribution >= 0.6 is 0 Å². The van der Waals surface area contributed by atoms with E-state index in [0.29, 0.717) is 34.6 Å². The zero-order valence-electron chi connectivity index (χ0n) is 16.6. The molecular weight excluding hydrogens is 380 g/mol. The topological polar surface area (TPSA) is 91.5 Å². The van der Waals surface area contributed by atoms with Crippen molar-refractivity contribution in [3.63, 3.8) is 0 Å². The molecule has 1 amide bonds. The van der Waals surface area contributed by atoms with Crippen LogP contribution in [0.1, 0.15) is 57.7 Å². The van der Waals surface area contributed by atoms with E-state index in [1.54, 1.807) is 42.7 Å². The van der Waals surface area contributed by atoms with E-state index in [1.807, 2.05) is 31.2 Å². The summed E-state index contributed by atoms with van der Waals surface area (Å²) in [4.78, 5) is 28.4. The van der Waals surface area contributed by atoms with Gasteiger partial charge in [0.1, 0.15) is 23.7 Å². The molecule has 2 N–H and O–H groups in total. The van der Waals surface area contributed by atoms with Gasteiger partial charge < -0.3 is 15.2 Å². The van der Waals surface area contributed by atoms with Crippen molar-refractivity contribution in [2.75, 3.05) is 0 Å². The zero-order valence-corrected chi connectivity index (χ0v) is 16.6. The van der Waals surface area contributed by atoms with Crippen molar-refractivity contribution in [2.45, 2.75) is 32.0 Å². The number of ether oxygens (including phenoxy) is 2. The Kier molecular flexibility index (Phi) is 5.48. The molecule has 0 saturated heterocycles. The number of carbonyl (C=O) groups excluding carboxylic acids is 2. The van der Waals surface area contributed by atoms with Crippen LogP contribution in [0.15, 0.2) is 67.0 Å². The van der Waals surface area contributed by atoms with Gasteiger partial charge >= 0.3 is 0 Å². The van der Waals surface area contributed by atoms with Crippen molar-refractivity contribution in [1.29, 1.82) is 0 Å². The number of hydrogen-bond donors (Lipinski definition) is 1. The SMILES string of the molecule is CC[C@@H]1CC(=O)c2ccc(O[C@@H](c3ccncc3)c3ccccc3C(N)=O)cc2O1. The Hall–Kier alpha value is -3.67. The van der Waals surface area contributed by atoms with Gasteiger partial charge in [-0.1, -0.05) is 25.1 Å². The minimum atomic E-state index is -0.587. The average molecular weight is 402 g/mol. The van der Waals surface area contributed by atoms with E-state index in [2.05, 4.69) is 4.98 Å². The number of carbonyl (C=O) groups is 2. The minimum Gasteiger partial charge on any atom is -0.489 e. The first-order valence-electron chi connectivity index (χ1n) is 9.86. The number of aromatic nitrogens is 1. The molecule has 6 nitrogen and oxygen atoms in total. The number of amides is 1. The monoisotopic (exact) mass is 402 g/mol. The van der Waals surface area contributed by atoms with Crippen LogP contribution in [0, 0.1) is 0 Å². The summed E-state index contributed by atoms with van der Waals surface area (Å²) in [5.74, 6) is 0.587. The predicted octanol–water partition coefficient (Wildman–Crippen LogP) is 4.09. The normalized spacial score (nSPS) is 16.3. The molecule has 1 aromatic heterocycles. The van der Waals surface area contributed by atoms with Crippen LogP contribution in [0.3, 0.4) is 0 Å². The number of Topliss-reactive ketones (excluding diaryl/α,β-unsaturated/α-hetero) is 1. The fraction of sp³-hybridized carbons (Fsp3) is 0.208. The van der Waals surface area contributed by atoms with Crippen LogP contribution < -0.4 is 15.2 Å². The molecule has 2 atom stereocenters. The standard InChI is InChI=1S/C24H22N2O4/c1-2-16-13-21(27)20-8-7-17(14-22(20)29-16)30-23(15-9-11-26-12-10-15)18-5-3-4-6-19(18)24(25)28/h3-12,14,16,23H,2,13H2,1H3,(H2,25,28)/t16-,23+/m1/s1. The Bertz CT molecular complexity index is 1080. The lowest BCUT2D eigenvalue weighted by Gasteiger charge is -2.26. The van der Waals surface area contributed by atoms with Crippen molar-refractivity contribution in [2.24, 2.45) is 5.73 Å². The van der Waals surface area contributed by atoms with Crippen LogP contribution in [0.5, 0.6) is 11.5 Å². The Labute approximate surface area is 174 Å². The Morgan fingerprint density at radius 2 is 1.97 bits per heavy atom. The molecule has 0 saturated carbocycles. The van der Waals surface area contributed by atoms with Gasteiger partial charge in [0.25, 0.3) is 0 Å². The third kappa shape index (κ3) is 3.89. The number of nitrogens with two attached hydrogens (primary N) is 1. The lowest BCUT2D eigenvalue weighted by Crippen LogP contribution is -2.26. The van der Waals surface area contributed by atoms with Crippen LogP contribution in [-0.2, 0) is 0 Å². The van der Waals surface area contributed by atoms with Gasteiger partial charge in [0.05, 0.1) is 5.56 Å². The minimum absolute atomic E-state index is 0.0689. The summed E-state index contributed by atoms with van der Waals surface area (Å²) in [6.45, 7) is 1.99. The zero-order chi connectivity index (χ0) is 21.1. The van der Waals surface area contributed by atoms with Gasteiger partial charge in [-0.2, -0.15) is 0 Å². The fourth-order valence-electron chi connectivity index (χ4n) is 3.60. The van der Waals surface area contributed by atoms with Crippen molar-refractivity contribution in [3.8, 4) is 11.5 Å². The van der Waals surface area contributed by atoms with Gasteiger partial charge in [0.15, 0.2) is 5.78 Å². The number of benzene rings is 2. The number of primary amides is 1. The van der Waals surface area contributed by atoms with Crippen molar-refractivity contribution in [3.05, 3.63) is 89.2 Å². The number of ketones is 1. The molecule has 152 valence electrons. The second-order valence-electron chi connectivity index (χ2n) is 7.16. The van der Waals surface area contributed by atoms with E-state index in [-0.39, 0.29) is 11.9 Å². The second-order valence-corrected chi connectivity index (χ2v) is 7.16. The molecule has 0 aliphatic carbocycles. The molecule has 6 heteroatoms. The average Bonchev–Trinajstić information content (AvgIpc) is 2.77. The van der Waals surface area contributed by atoms with Gasteiger partial charge in [-0.25, -0.2) is 0 Å². The first-order valence-corrected chi connectivity index (χ1v) is 9.86. The molecule has 30 heavy (non-hydrogen) atoms. The Morgan fingerprint density at radius 1 is 1.20 bits per heavy atom. The molecule has 1 aliphatic rings. The quantitative estimate of drug-likeness (QED) is 0.670. The second kappa shape index (κ2) is 8.37. The van der Waals surface area contributed by atoms with Crippen LogP contribution in [0.25, 0.3) is 0 Å². The summed E-state index contributed by atoms with van der Waals surface area (Å²) in [6, 6.07) is 15.9. The molecule has 0 radical (unpaired) electrons. The highest BCUT2D eigenvalue weighted by Gasteiger charge is 2.27. The summed E-state index contributed by atoms with van der Waals surface area (Å²) in [5, 5.41) is 0. The number of rotatable bonds is 6. The van der Waals surface area contributed by atoms with Crippen LogP contribution in [0.4, 0.5) is 0 Å². The molecule has 0 bridgehead atoms. The van der Waals surface area contributed by atoms with Crippen LogP contribution in [-0.4, -0.2) is 22.8 Å². The van der Waals surface area contributed by atoms with E-state index in [1.165, 1.54) is 0 Å². The maximum Gasteiger partial charge on any atom is 0.249 e. The summed E-state index contributed by atoms with van der Waals surface area (Å²) in [5.41, 5.74) is 8.01. The first kappa shape index (κ1) is 19.6. The fourth-order valence-corrected chi connectivity index (χ4v) is 3.60. The van der Waals surface area contributed by atoms with Gasteiger partial charge in [-0.3, -0.25) is 14.6 Å². The largest absolute Gasteiger partial charge is 0.489 e. The molecule has 0 fully saturated rings. The van der Waals surface area contributed by atoms with Gasteiger partial charge in [-0.15, -0.1) is 0 Å². The predicted molar refractivity (Wildman–Crippen MR) is 112 cm³/mol. The third-order valence-corrected chi connectivity index (χ3v) is 5.19. The summed E-state index contributed by atoms with van der Waals surface area (Å²) >= 11 is 0. The molecule has 0 spiro atoms. The highest BCUT2D eigenvalue weighted by molar-refractivity contribution is 6.00. The maximum atomic E-state index is 12.4. The highest BCUT2D eigenvalue weighted by Crippen LogP contribution is 2.36. The van der Waals surface area contributed by atoms with E-state index in [4.69, 9.17) is 15.2 Å². The van der Waals surface area contributed by atoms with Gasteiger partial charge in [0, 0.05) is 36.0 Å². The van der Waals surface area contributed by atoms with Crippen LogP contribution in [0.2, 0.25) is 0 Å².